The largest absolute Gasteiger partial charge is 0.305 e. The Balaban J connectivity index is 2.41. The fourth-order valence-corrected chi connectivity index (χ4v) is 3.51. The lowest BCUT2D eigenvalue weighted by molar-refractivity contribution is 0.597. The van der Waals surface area contributed by atoms with Crippen molar-refractivity contribution in [1.29, 1.82) is 0 Å². The highest BCUT2D eigenvalue weighted by Crippen LogP contribution is 2.30. The Hall–Kier alpha value is -0.780. The van der Waals surface area contributed by atoms with E-state index in [0.717, 1.165) is 29.2 Å². The Morgan fingerprint density at radius 2 is 2.15 bits per heavy atom. The van der Waals surface area contributed by atoms with Crippen molar-refractivity contribution in [2.24, 2.45) is 0 Å². The van der Waals surface area contributed by atoms with Gasteiger partial charge in [-0.1, -0.05) is 19.9 Å². The van der Waals surface area contributed by atoms with Gasteiger partial charge in [0.1, 0.15) is 10.8 Å². The summed E-state index contributed by atoms with van der Waals surface area (Å²) in [4.78, 5) is 5.94. The van der Waals surface area contributed by atoms with Crippen molar-refractivity contribution in [3.8, 4) is 0 Å². The van der Waals surface area contributed by atoms with E-state index in [1.807, 2.05) is 13.0 Å². The molecule has 0 spiro atoms. The lowest BCUT2D eigenvalue weighted by Gasteiger charge is -2.16. The standard InChI is InChI=1S/C15H18BrFN2S/c1-4-13-9(3)20-15(19-13)14(18-5-2)10-6-7-11(16)12(17)8-10/h6-8,14,18H,4-5H2,1-3H3. The van der Waals surface area contributed by atoms with Crippen molar-refractivity contribution < 1.29 is 4.39 Å². The zero-order valence-electron chi connectivity index (χ0n) is 11.8. The van der Waals surface area contributed by atoms with E-state index < -0.39 is 0 Å². The number of aryl methyl sites for hydroxylation is 2. The summed E-state index contributed by atoms with van der Waals surface area (Å²) in [5, 5.41) is 4.40. The summed E-state index contributed by atoms with van der Waals surface area (Å²) < 4.78 is 14.2. The monoisotopic (exact) mass is 356 g/mol. The minimum Gasteiger partial charge on any atom is -0.305 e. The van der Waals surface area contributed by atoms with Crippen molar-refractivity contribution in [1.82, 2.24) is 10.3 Å². The molecule has 1 N–H and O–H groups in total. The Morgan fingerprint density at radius 1 is 1.40 bits per heavy atom. The maximum Gasteiger partial charge on any atom is 0.137 e. The van der Waals surface area contributed by atoms with Crippen LogP contribution in [0.4, 0.5) is 4.39 Å². The lowest BCUT2D eigenvalue weighted by atomic mass is 10.1. The summed E-state index contributed by atoms with van der Waals surface area (Å²) in [5.41, 5.74) is 2.04. The third-order valence-corrected chi connectivity index (χ3v) is 4.90. The SMILES string of the molecule is CCNC(c1ccc(Br)c(F)c1)c1nc(CC)c(C)s1. The molecule has 1 aromatic carbocycles. The summed E-state index contributed by atoms with van der Waals surface area (Å²) in [7, 11) is 0. The molecule has 0 amide bonds. The number of hydrogen-bond acceptors (Lipinski definition) is 3. The van der Waals surface area contributed by atoms with Crippen molar-refractivity contribution in [2.75, 3.05) is 6.54 Å². The van der Waals surface area contributed by atoms with Crippen LogP contribution >= 0.6 is 27.3 Å². The molecule has 0 aliphatic carbocycles. The van der Waals surface area contributed by atoms with Crippen LogP contribution in [0.15, 0.2) is 22.7 Å². The molecule has 5 heteroatoms. The number of halogens is 2. The summed E-state index contributed by atoms with van der Waals surface area (Å²) in [6.45, 7) is 7.05. The summed E-state index contributed by atoms with van der Waals surface area (Å²) in [6.07, 6.45) is 0.926. The first-order chi connectivity index (χ1) is 9.56. The number of rotatable bonds is 5. The van der Waals surface area contributed by atoms with Gasteiger partial charge in [0.2, 0.25) is 0 Å². The fraction of sp³-hybridized carbons (Fsp3) is 0.400. The zero-order valence-corrected chi connectivity index (χ0v) is 14.2. The van der Waals surface area contributed by atoms with Crippen LogP contribution < -0.4 is 5.32 Å². The highest BCUT2D eigenvalue weighted by Gasteiger charge is 2.19. The minimum absolute atomic E-state index is 0.0494. The fourth-order valence-electron chi connectivity index (χ4n) is 2.15. The van der Waals surface area contributed by atoms with Gasteiger partial charge in [-0.15, -0.1) is 11.3 Å². The van der Waals surface area contributed by atoms with E-state index in [1.54, 1.807) is 23.5 Å². The van der Waals surface area contributed by atoms with Crippen molar-refractivity contribution >= 4 is 27.3 Å². The van der Waals surface area contributed by atoms with Crippen LogP contribution in [0, 0.1) is 12.7 Å². The average Bonchev–Trinajstić information content (AvgIpc) is 2.80. The maximum absolute atomic E-state index is 13.8. The minimum atomic E-state index is -0.241. The van der Waals surface area contributed by atoms with Gasteiger partial charge >= 0.3 is 0 Å². The molecular formula is C15H18BrFN2S. The van der Waals surface area contributed by atoms with Crippen LogP contribution in [0.1, 0.15) is 41.0 Å². The van der Waals surface area contributed by atoms with Gasteiger partial charge in [-0.2, -0.15) is 0 Å². The number of thiazole rings is 1. The van der Waals surface area contributed by atoms with Crippen LogP contribution in [-0.4, -0.2) is 11.5 Å². The van der Waals surface area contributed by atoms with Gasteiger partial charge in [-0.05, 0) is 53.5 Å². The van der Waals surface area contributed by atoms with Gasteiger partial charge in [-0.25, -0.2) is 9.37 Å². The summed E-state index contributed by atoms with van der Waals surface area (Å²) in [6, 6.07) is 5.20. The molecule has 1 heterocycles. The smallest absolute Gasteiger partial charge is 0.137 e. The molecule has 0 aliphatic rings. The second kappa shape index (κ2) is 6.78. The van der Waals surface area contributed by atoms with Crippen molar-refractivity contribution in [3.63, 3.8) is 0 Å². The van der Waals surface area contributed by atoms with Gasteiger partial charge in [0.15, 0.2) is 0 Å². The predicted molar refractivity (Wildman–Crippen MR) is 85.8 cm³/mol. The number of nitrogens with zero attached hydrogens (tertiary/aromatic N) is 1. The summed E-state index contributed by atoms with van der Waals surface area (Å²) in [5.74, 6) is -0.241. The molecule has 0 fully saturated rings. The third kappa shape index (κ3) is 3.27. The van der Waals surface area contributed by atoms with Crippen molar-refractivity contribution in [3.05, 3.63) is 49.6 Å². The lowest BCUT2D eigenvalue weighted by Crippen LogP contribution is -2.22. The van der Waals surface area contributed by atoms with Crippen LogP contribution in [0.5, 0.6) is 0 Å². The molecule has 2 rings (SSSR count). The maximum atomic E-state index is 13.8. The van der Waals surface area contributed by atoms with Crippen LogP contribution in [0.2, 0.25) is 0 Å². The predicted octanol–water partition coefficient (Wildman–Crippen LogP) is 4.61. The van der Waals surface area contributed by atoms with E-state index in [4.69, 9.17) is 4.98 Å². The average molecular weight is 357 g/mol. The number of benzene rings is 1. The van der Waals surface area contributed by atoms with Crippen LogP contribution in [-0.2, 0) is 6.42 Å². The second-order valence-corrected chi connectivity index (χ2v) is 6.66. The molecule has 0 radical (unpaired) electrons. The van der Waals surface area contributed by atoms with Gasteiger partial charge in [0, 0.05) is 4.88 Å². The van der Waals surface area contributed by atoms with Gasteiger partial charge in [0.05, 0.1) is 16.2 Å². The van der Waals surface area contributed by atoms with Crippen molar-refractivity contribution in [2.45, 2.75) is 33.2 Å². The molecular weight excluding hydrogens is 339 g/mol. The summed E-state index contributed by atoms with van der Waals surface area (Å²) >= 11 is 4.88. The van der Waals surface area contributed by atoms with Crippen LogP contribution in [0.25, 0.3) is 0 Å². The molecule has 2 aromatic rings. The first kappa shape index (κ1) is 15.6. The number of aromatic nitrogens is 1. The van der Waals surface area contributed by atoms with E-state index in [1.165, 1.54) is 4.88 Å². The molecule has 1 atom stereocenters. The van der Waals surface area contributed by atoms with Gasteiger partial charge in [-0.3, -0.25) is 0 Å². The molecule has 108 valence electrons. The second-order valence-electron chi connectivity index (χ2n) is 4.57. The van der Waals surface area contributed by atoms with Gasteiger partial charge < -0.3 is 5.32 Å². The normalized spacial score (nSPS) is 12.7. The molecule has 2 nitrogen and oxygen atoms in total. The Bertz CT molecular complexity index is 598. The van der Waals surface area contributed by atoms with E-state index in [0.29, 0.717) is 4.47 Å². The zero-order chi connectivity index (χ0) is 14.7. The quantitative estimate of drug-likeness (QED) is 0.845. The Kier molecular flexibility index (Phi) is 5.29. The Labute approximate surface area is 131 Å². The van der Waals surface area contributed by atoms with Crippen LogP contribution in [0.3, 0.4) is 0 Å². The molecule has 0 saturated heterocycles. The number of hydrogen-bond donors (Lipinski definition) is 1. The molecule has 0 saturated carbocycles. The molecule has 1 aromatic heterocycles. The first-order valence-corrected chi connectivity index (χ1v) is 8.32. The van der Waals surface area contributed by atoms with Gasteiger partial charge in [0.25, 0.3) is 0 Å². The first-order valence-electron chi connectivity index (χ1n) is 6.71. The molecule has 0 bridgehead atoms. The number of nitrogens with one attached hydrogen (secondary N) is 1. The molecule has 0 aliphatic heterocycles. The topological polar surface area (TPSA) is 24.9 Å². The highest BCUT2D eigenvalue weighted by atomic mass is 79.9. The molecule has 1 unspecified atom stereocenters. The van der Waals surface area contributed by atoms with E-state index in [-0.39, 0.29) is 11.9 Å². The van der Waals surface area contributed by atoms with E-state index >= 15 is 0 Å². The Morgan fingerprint density at radius 3 is 2.70 bits per heavy atom. The van der Waals surface area contributed by atoms with E-state index in [2.05, 4.69) is 35.1 Å². The molecule has 20 heavy (non-hydrogen) atoms. The highest BCUT2D eigenvalue weighted by molar-refractivity contribution is 9.10. The van der Waals surface area contributed by atoms with E-state index in [9.17, 15) is 4.39 Å². The third-order valence-electron chi connectivity index (χ3n) is 3.18.